The molecule has 0 spiro atoms. The van der Waals surface area contributed by atoms with Crippen LogP contribution >= 0.6 is 11.8 Å². The summed E-state index contributed by atoms with van der Waals surface area (Å²) in [5.74, 6) is 1.20. The van der Waals surface area contributed by atoms with E-state index in [1.807, 2.05) is 11.6 Å². The van der Waals surface area contributed by atoms with Crippen LogP contribution in [0.25, 0.3) is 0 Å². The van der Waals surface area contributed by atoms with E-state index in [1.165, 1.54) is 0 Å². The minimum absolute atomic E-state index is 0.417. The van der Waals surface area contributed by atoms with Gasteiger partial charge in [0.25, 0.3) is 0 Å². The molecule has 1 atom stereocenters. The summed E-state index contributed by atoms with van der Waals surface area (Å²) in [5, 5.41) is 25.7. The van der Waals surface area contributed by atoms with Crippen molar-refractivity contribution in [3.05, 3.63) is 0 Å². The molecular weight excluding hydrogens is 260 g/mol. The average molecular weight is 278 g/mol. The summed E-state index contributed by atoms with van der Waals surface area (Å²) in [6.07, 6.45) is 4.62. The monoisotopic (exact) mass is 278 g/mol. The molecular formula is C12H18N6S. The molecule has 2 saturated carbocycles. The summed E-state index contributed by atoms with van der Waals surface area (Å²) in [6.45, 7) is 2.87. The Balaban J connectivity index is 1.69. The normalized spacial score (nSPS) is 21.9. The Labute approximate surface area is 116 Å². The van der Waals surface area contributed by atoms with Crippen LogP contribution in [-0.4, -0.2) is 38.0 Å². The lowest BCUT2D eigenvalue weighted by Crippen LogP contribution is -2.48. The minimum Gasteiger partial charge on any atom is -0.299 e. The lowest BCUT2D eigenvalue weighted by atomic mass is 9.98. The highest BCUT2D eigenvalue weighted by Crippen LogP contribution is 2.43. The third-order valence-corrected chi connectivity index (χ3v) is 4.88. The van der Waals surface area contributed by atoms with Gasteiger partial charge in [0.1, 0.15) is 5.54 Å². The summed E-state index contributed by atoms with van der Waals surface area (Å²) in [7, 11) is 0. The summed E-state index contributed by atoms with van der Waals surface area (Å²) in [6, 6.07) is 2.98. The van der Waals surface area contributed by atoms with Crippen molar-refractivity contribution in [2.45, 2.75) is 49.3 Å². The molecule has 3 rings (SSSR count). The van der Waals surface area contributed by atoms with Crippen LogP contribution in [0.1, 0.15) is 38.6 Å². The van der Waals surface area contributed by atoms with Crippen LogP contribution in [0, 0.1) is 17.2 Å². The summed E-state index contributed by atoms with van der Waals surface area (Å²) in [5.41, 5.74) is -0.417. The maximum absolute atomic E-state index is 9.55. The molecule has 102 valence electrons. The first-order chi connectivity index (χ1) is 9.29. The molecule has 1 aromatic heterocycles. The summed E-state index contributed by atoms with van der Waals surface area (Å²) in [4.78, 5) is 0. The van der Waals surface area contributed by atoms with Gasteiger partial charge in [-0.2, -0.15) is 5.26 Å². The Morgan fingerprint density at radius 3 is 2.84 bits per heavy atom. The van der Waals surface area contributed by atoms with Crippen LogP contribution in [0.15, 0.2) is 5.16 Å². The van der Waals surface area contributed by atoms with Crippen molar-refractivity contribution in [1.82, 2.24) is 25.5 Å². The molecule has 6 nitrogen and oxygen atoms in total. The first-order valence-electron chi connectivity index (χ1n) is 6.86. The van der Waals surface area contributed by atoms with Gasteiger partial charge in [0, 0.05) is 5.75 Å². The predicted octanol–water partition coefficient (Wildman–Crippen LogP) is 1.38. The highest BCUT2D eigenvalue weighted by molar-refractivity contribution is 7.99. The topological polar surface area (TPSA) is 79.4 Å². The Hall–Kier alpha value is -1.13. The number of thioether (sulfide) groups is 1. The molecule has 0 aliphatic heterocycles. The van der Waals surface area contributed by atoms with E-state index in [9.17, 15) is 5.26 Å². The molecule has 0 amide bonds. The largest absolute Gasteiger partial charge is 0.299 e. The maximum Gasteiger partial charge on any atom is 0.209 e. The minimum atomic E-state index is -0.417. The van der Waals surface area contributed by atoms with E-state index in [1.54, 1.807) is 11.8 Å². The molecule has 1 N–H and O–H groups in total. The standard InChI is InChI=1S/C12H18N6S/c1-2-14-12(7-13,9-3-4-9)8-19-11-15-16-17-18(11)10-5-6-10/h9-10,14H,2-6,8H2,1H3. The average Bonchev–Trinajstić information content (AvgIpc) is 3.33. The smallest absolute Gasteiger partial charge is 0.209 e. The zero-order chi connectivity index (χ0) is 13.3. The Morgan fingerprint density at radius 1 is 1.47 bits per heavy atom. The van der Waals surface area contributed by atoms with Gasteiger partial charge in [-0.15, -0.1) is 5.10 Å². The molecule has 2 fully saturated rings. The van der Waals surface area contributed by atoms with E-state index >= 15 is 0 Å². The first-order valence-corrected chi connectivity index (χ1v) is 7.84. The molecule has 0 bridgehead atoms. The van der Waals surface area contributed by atoms with Crippen molar-refractivity contribution in [1.29, 1.82) is 5.26 Å². The van der Waals surface area contributed by atoms with Gasteiger partial charge in [0.2, 0.25) is 5.16 Å². The quantitative estimate of drug-likeness (QED) is 0.759. The van der Waals surface area contributed by atoms with Crippen LogP contribution < -0.4 is 5.32 Å². The van der Waals surface area contributed by atoms with Gasteiger partial charge in [-0.25, -0.2) is 4.68 Å². The zero-order valence-corrected chi connectivity index (χ0v) is 11.9. The maximum atomic E-state index is 9.55. The highest BCUT2D eigenvalue weighted by atomic mass is 32.2. The van der Waals surface area contributed by atoms with Gasteiger partial charge in [0.15, 0.2) is 0 Å². The second-order valence-electron chi connectivity index (χ2n) is 5.31. The molecule has 1 aromatic rings. The second-order valence-corrected chi connectivity index (χ2v) is 6.26. The lowest BCUT2D eigenvalue weighted by Gasteiger charge is -2.26. The van der Waals surface area contributed by atoms with Crippen molar-refractivity contribution in [2.24, 2.45) is 5.92 Å². The molecule has 2 aliphatic rings. The van der Waals surface area contributed by atoms with Crippen molar-refractivity contribution >= 4 is 11.8 Å². The third-order valence-electron chi connectivity index (χ3n) is 3.75. The molecule has 2 aliphatic carbocycles. The van der Waals surface area contributed by atoms with E-state index < -0.39 is 5.54 Å². The lowest BCUT2D eigenvalue weighted by molar-refractivity contribution is 0.415. The van der Waals surface area contributed by atoms with Gasteiger partial charge < -0.3 is 0 Å². The number of hydrogen-bond donors (Lipinski definition) is 1. The fourth-order valence-electron chi connectivity index (χ4n) is 2.38. The van der Waals surface area contributed by atoms with Crippen LogP contribution in [-0.2, 0) is 0 Å². The Morgan fingerprint density at radius 2 is 2.26 bits per heavy atom. The van der Waals surface area contributed by atoms with E-state index in [0.29, 0.717) is 12.0 Å². The molecule has 0 radical (unpaired) electrons. The van der Waals surface area contributed by atoms with Crippen molar-refractivity contribution in [3.8, 4) is 6.07 Å². The number of nitrogens with one attached hydrogen (secondary N) is 1. The number of aromatic nitrogens is 4. The van der Waals surface area contributed by atoms with Crippen molar-refractivity contribution < 1.29 is 0 Å². The molecule has 19 heavy (non-hydrogen) atoms. The van der Waals surface area contributed by atoms with Gasteiger partial charge in [0.05, 0.1) is 12.1 Å². The van der Waals surface area contributed by atoms with E-state index in [-0.39, 0.29) is 0 Å². The fourth-order valence-corrected chi connectivity index (χ4v) is 3.55. The fraction of sp³-hybridized carbons (Fsp3) is 0.833. The number of tetrazole rings is 1. The number of nitriles is 1. The zero-order valence-electron chi connectivity index (χ0n) is 11.0. The molecule has 1 unspecified atom stereocenters. The van der Waals surface area contributed by atoms with Gasteiger partial charge in [-0.1, -0.05) is 18.7 Å². The first kappa shape index (κ1) is 12.9. The third kappa shape index (κ3) is 2.60. The number of nitrogens with zero attached hydrogens (tertiary/aromatic N) is 5. The van der Waals surface area contributed by atoms with Crippen LogP contribution in [0.5, 0.6) is 0 Å². The summed E-state index contributed by atoms with van der Waals surface area (Å²) < 4.78 is 1.91. The van der Waals surface area contributed by atoms with Crippen LogP contribution in [0.2, 0.25) is 0 Å². The Kier molecular flexibility index (Phi) is 3.46. The van der Waals surface area contributed by atoms with E-state index in [2.05, 4.69) is 26.9 Å². The number of rotatable bonds is 7. The van der Waals surface area contributed by atoms with Gasteiger partial charge in [-0.05, 0) is 48.6 Å². The number of hydrogen-bond acceptors (Lipinski definition) is 6. The SMILES string of the molecule is CCNC(C#N)(CSc1nnnn1C1CC1)C1CC1. The van der Waals surface area contributed by atoms with Gasteiger partial charge in [-0.3, -0.25) is 5.32 Å². The van der Waals surface area contributed by atoms with Crippen LogP contribution in [0.4, 0.5) is 0 Å². The van der Waals surface area contributed by atoms with E-state index in [4.69, 9.17) is 0 Å². The molecule has 1 heterocycles. The van der Waals surface area contributed by atoms with Crippen LogP contribution in [0.3, 0.4) is 0 Å². The summed E-state index contributed by atoms with van der Waals surface area (Å²) >= 11 is 1.60. The predicted molar refractivity (Wildman–Crippen MR) is 71.6 cm³/mol. The van der Waals surface area contributed by atoms with E-state index in [0.717, 1.165) is 43.1 Å². The van der Waals surface area contributed by atoms with Gasteiger partial charge >= 0.3 is 0 Å². The second kappa shape index (κ2) is 5.10. The molecule has 7 heteroatoms. The highest BCUT2D eigenvalue weighted by Gasteiger charge is 2.45. The van der Waals surface area contributed by atoms with Crippen molar-refractivity contribution in [3.63, 3.8) is 0 Å². The molecule has 0 aromatic carbocycles. The Bertz CT molecular complexity index is 487. The van der Waals surface area contributed by atoms with Crippen molar-refractivity contribution in [2.75, 3.05) is 12.3 Å². The molecule has 0 saturated heterocycles.